The van der Waals surface area contributed by atoms with E-state index in [1.165, 1.54) is 0 Å². The van der Waals surface area contributed by atoms with Crippen LogP contribution in [-0.2, 0) is 11.3 Å². The zero-order valence-electron chi connectivity index (χ0n) is 17.4. The lowest BCUT2D eigenvalue weighted by atomic mass is 9.79. The molecule has 1 aromatic carbocycles. The van der Waals surface area contributed by atoms with Gasteiger partial charge in [-0.15, -0.1) is 0 Å². The van der Waals surface area contributed by atoms with Gasteiger partial charge in [-0.1, -0.05) is 26.0 Å². The van der Waals surface area contributed by atoms with Gasteiger partial charge in [0.05, 0.1) is 13.2 Å². The monoisotopic (exact) mass is 379 g/mol. The molecule has 3 N–H and O–H groups in total. The number of benzene rings is 1. The van der Waals surface area contributed by atoms with Gasteiger partial charge in [-0.2, -0.15) is 0 Å². The Balaban J connectivity index is 2.71. The first-order valence-electron chi connectivity index (χ1n) is 9.96. The van der Waals surface area contributed by atoms with Crippen LogP contribution in [0.15, 0.2) is 29.3 Å². The average Bonchev–Trinajstić information content (AvgIpc) is 2.69. The molecule has 0 saturated carbocycles. The number of nitrogens with one attached hydrogen (secondary N) is 2. The molecule has 154 valence electrons. The topological polar surface area (TPSA) is 75.1 Å². The molecule has 1 aromatic rings. The highest BCUT2D eigenvalue weighted by molar-refractivity contribution is 5.79. The van der Waals surface area contributed by atoms with E-state index in [-0.39, 0.29) is 12.0 Å². The second-order valence-corrected chi connectivity index (χ2v) is 6.72. The Hall–Kier alpha value is -1.79. The van der Waals surface area contributed by atoms with Crippen molar-refractivity contribution in [3.05, 3.63) is 29.8 Å². The van der Waals surface area contributed by atoms with Crippen LogP contribution in [-0.4, -0.2) is 51.1 Å². The maximum atomic E-state index is 9.39. The molecule has 6 heteroatoms. The highest BCUT2D eigenvalue weighted by Gasteiger charge is 2.25. The first-order chi connectivity index (χ1) is 13.1. The van der Waals surface area contributed by atoms with E-state index in [1.807, 2.05) is 24.3 Å². The van der Waals surface area contributed by atoms with Gasteiger partial charge in [0.2, 0.25) is 0 Å². The minimum Gasteiger partial charge on any atom is -0.491 e. The van der Waals surface area contributed by atoms with Crippen molar-refractivity contribution in [2.75, 3.05) is 40.0 Å². The molecule has 0 bridgehead atoms. The average molecular weight is 380 g/mol. The third-order valence-electron chi connectivity index (χ3n) is 4.99. The molecule has 0 aliphatic heterocycles. The fourth-order valence-corrected chi connectivity index (χ4v) is 2.94. The molecule has 6 nitrogen and oxygen atoms in total. The van der Waals surface area contributed by atoms with Gasteiger partial charge in [-0.05, 0) is 49.3 Å². The SMILES string of the molecule is CCNC(=NCc1cccc(OCCOC)c1)NCC(CC)(CC)CCO. The smallest absolute Gasteiger partial charge is 0.191 e. The summed E-state index contributed by atoms with van der Waals surface area (Å²) in [5.74, 6) is 1.63. The van der Waals surface area contributed by atoms with Gasteiger partial charge >= 0.3 is 0 Å². The van der Waals surface area contributed by atoms with Crippen LogP contribution in [0.5, 0.6) is 5.75 Å². The van der Waals surface area contributed by atoms with Crippen LogP contribution in [0.1, 0.15) is 45.6 Å². The molecule has 0 spiro atoms. The molecule has 0 aromatic heterocycles. The van der Waals surface area contributed by atoms with Gasteiger partial charge in [-0.3, -0.25) is 0 Å². The molecule has 27 heavy (non-hydrogen) atoms. The molecule has 0 amide bonds. The first kappa shape index (κ1) is 23.2. The lowest BCUT2D eigenvalue weighted by Gasteiger charge is -2.32. The summed E-state index contributed by atoms with van der Waals surface area (Å²) >= 11 is 0. The summed E-state index contributed by atoms with van der Waals surface area (Å²) in [6, 6.07) is 7.98. The van der Waals surface area contributed by atoms with Crippen LogP contribution in [0.2, 0.25) is 0 Å². The van der Waals surface area contributed by atoms with Crippen LogP contribution in [0, 0.1) is 5.41 Å². The number of hydrogen-bond acceptors (Lipinski definition) is 4. The Morgan fingerprint density at radius 1 is 1.15 bits per heavy atom. The maximum Gasteiger partial charge on any atom is 0.191 e. The molecular formula is C21H37N3O3. The number of aliphatic imine (C=N–C) groups is 1. The number of guanidine groups is 1. The lowest BCUT2D eigenvalue weighted by molar-refractivity contribution is 0.146. The molecule has 0 aliphatic rings. The predicted molar refractivity (Wildman–Crippen MR) is 111 cm³/mol. The zero-order valence-corrected chi connectivity index (χ0v) is 17.4. The molecular weight excluding hydrogens is 342 g/mol. The number of hydrogen-bond donors (Lipinski definition) is 3. The fourth-order valence-electron chi connectivity index (χ4n) is 2.94. The first-order valence-corrected chi connectivity index (χ1v) is 9.96. The van der Waals surface area contributed by atoms with Crippen LogP contribution in [0.3, 0.4) is 0 Å². The van der Waals surface area contributed by atoms with E-state index >= 15 is 0 Å². The highest BCUT2D eigenvalue weighted by atomic mass is 16.5. The maximum absolute atomic E-state index is 9.39. The molecule has 0 atom stereocenters. The van der Waals surface area contributed by atoms with Gasteiger partial charge < -0.3 is 25.2 Å². The summed E-state index contributed by atoms with van der Waals surface area (Å²) in [6.07, 6.45) is 2.85. The van der Waals surface area contributed by atoms with Crippen molar-refractivity contribution in [2.45, 2.75) is 46.6 Å². The number of methoxy groups -OCH3 is 1. The van der Waals surface area contributed by atoms with Crippen molar-refractivity contribution in [1.29, 1.82) is 0 Å². The minimum atomic E-state index is 0.0973. The van der Waals surface area contributed by atoms with E-state index in [9.17, 15) is 5.11 Å². The minimum absolute atomic E-state index is 0.0973. The number of nitrogens with zero attached hydrogens (tertiary/aromatic N) is 1. The Labute approximate surface area is 164 Å². The summed E-state index contributed by atoms with van der Waals surface area (Å²) in [6.45, 7) is 9.91. The summed E-state index contributed by atoms with van der Waals surface area (Å²) in [7, 11) is 1.66. The van der Waals surface area contributed by atoms with E-state index in [4.69, 9.17) is 14.5 Å². The second-order valence-electron chi connectivity index (χ2n) is 6.72. The zero-order chi connectivity index (χ0) is 20.0. The van der Waals surface area contributed by atoms with E-state index in [2.05, 4.69) is 31.4 Å². The van der Waals surface area contributed by atoms with Crippen LogP contribution >= 0.6 is 0 Å². The number of aliphatic hydroxyl groups is 1. The van der Waals surface area contributed by atoms with Crippen molar-refractivity contribution in [2.24, 2.45) is 10.4 Å². The number of ether oxygens (including phenoxy) is 2. The second kappa shape index (κ2) is 13.4. The van der Waals surface area contributed by atoms with Gasteiger partial charge in [0.25, 0.3) is 0 Å². The quantitative estimate of drug-likeness (QED) is 0.279. The largest absolute Gasteiger partial charge is 0.491 e. The Morgan fingerprint density at radius 3 is 2.56 bits per heavy atom. The van der Waals surface area contributed by atoms with E-state index in [0.29, 0.717) is 19.8 Å². The third-order valence-corrected chi connectivity index (χ3v) is 4.99. The van der Waals surface area contributed by atoms with Crippen LogP contribution in [0.25, 0.3) is 0 Å². The standard InChI is InChI=1S/C21H37N3O3/c1-5-21(6-2,11-12-25)17-24-20(22-7-3)23-16-18-9-8-10-19(15-18)27-14-13-26-4/h8-10,15,25H,5-7,11-14,16-17H2,1-4H3,(H2,22,23,24). The third kappa shape index (κ3) is 8.63. The highest BCUT2D eigenvalue weighted by Crippen LogP contribution is 2.29. The van der Waals surface area contributed by atoms with Crippen LogP contribution in [0.4, 0.5) is 0 Å². The Kier molecular flexibility index (Phi) is 11.5. The predicted octanol–water partition coefficient (Wildman–Crippen LogP) is 2.96. The van der Waals surface area contributed by atoms with E-state index in [1.54, 1.807) is 7.11 Å². The van der Waals surface area contributed by atoms with Crippen molar-refractivity contribution in [3.63, 3.8) is 0 Å². The van der Waals surface area contributed by atoms with E-state index < -0.39 is 0 Å². The summed E-state index contributed by atoms with van der Waals surface area (Å²) in [4.78, 5) is 4.70. The van der Waals surface area contributed by atoms with Gasteiger partial charge in [0.15, 0.2) is 5.96 Å². The molecule has 0 saturated heterocycles. The van der Waals surface area contributed by atoms with Crippen molar-refractivity contribution in [3.8, 4) is 5.75 Å². The van der Waals surface area contributed by atoms with Crippen molar-refractivity contribution >= 4 is 5.96 Å². The number of aliphatic hydroxyl groups excluding tert-OH is 1. The molecule has 0 heterocycles. The van der Waals surface area contributed by atoms with Crippen molar-refractivity contribution < 1.29 is 14.6 Å². The van der Waals surface area contributed by atoms with Crippen LogP contribution < -0.4 is 15.4 Å². The van der Waals surface area contributed by atoms with Gasteiger partial charge in [-0.25, -0.2) is 4.99 Å². The molecule has 0 unspecified atom stereocenters. The summed E-state index contributed by atoms with van der Waals surface area (Å²) < 4.78 is 10.7. The summed E-state index contributed by atoms with van der Waals surface area (Å²) in [5, 5.41) is 16.2. The number of rotatable bonds is 13. The summed E-state index contributed by atoms with van der Waals surface area (Å²) in [5.41, 5.74) is 1.19. The fraction of sp³-hybridized carbons (Fsp3) is 0.667. The molecule has 1 rings (SSSR count). The Bertz CT molecular complexity index is 545. The normalized spacial score (nSPS) is 12.1. The lowest BCUT2D eigenvalue weighted by Crippen LogP contribution is -2.43. The van der Waals surface area contributed by atoms with Crippen molar-refractivity contribution in [1.82, 2.24) is 10.6 Å². The van der Waals surface area contributed by atoms with Gasteiger partial charge in [0, 0.05) is 26.8 Å². The molecule has 0 radical (unpaired) electrons. The molecule has 0 aliphatic carbocycles. The van der Waals surface area contributed by atoms with Gasteiger partial charge in [0.1, 0.15) is 12.4 Å². The molecule has 0 fully saturated rings. The van der Waals surface area contributed by atoms with E-state index in [0.717, 1.165) is 49.6 Å². The Morgan fingerprint density at radius 2 is 1.93 bits per heavy atom.